The van der Waals surface area contributed by atoms with Gasteiger partial charge in [-0.15, -0.1) is 11.3 Å². The standard InChI is InChI=1S/C33H44N8O6S/c1-19(2)15-25(39-28(44)16-21-10-12-22(13-11-21)17-37-30(46)26(18-42)38-20(3)43)31(47)40-24(8-6-14-36-33(34)35)29(45)32-41-23-7-4-5-9-27(23)48-32/h4-5,7,9-13,19,24-26,42H,6,8,14-18H2,1-3H3,(H,37,46)(H,38,43)(H,39,44)(H,40,47)(H4,34,35,36)/t24-,25-,26-/m0/s1. The van der Waals surface area contributed by atoms with Gasteiger partial charge in [0.25, 0.3) is 0 Å². The van der Waals surface area contributed by atoms with Gasteiger partial charge in [0.15, 0.2) is 11.0 Å². The summed E-state index contributed by atoms with van der Waals surface area (Å²) in [5.41, 5.74) is 7.50. The Kier molecular flexibility index (Phi) is 14.4. The SMILES string of the molecule is CC(=O)N[C@@H](CO)C(=O)NCc1ccc(CC(=O)N[C@@H](CC(C)C)C(=O)N[C@@H](CCCNC(=N)N)C(=O)c2nc3ccccc3s2)cc1. The van der Waals surface area contributed by atoms with Crippen LogP contribution in [0.1, 0.15) is 61.0 Å². The number of guanidine groups is 1. The first kappa shape index (κ1) is 37.6. The van der Waals surface area contributed by atoms with E-state index >= 15 is 0 Å². The third-order valence-corrected chi connectivity index (χ3v) is 8.26. The van der Waals surface area contributed by atoms with Crippen molar-refractivity contribution in [3.63, 3.8) is 0 Å². The van der Waals surface area contributed by atoms with Crippen molar-refractivity contribution in [2.45, 2.75) is 71.1 Å². The third-order valence-electron chi connectivity index (χ3n) is 7.21. The van der Waals surface area contributed by atoms with Gasteiger partial charge in [0.05, 0.1) is 29.3 Å². The van der Waals surface area contributed by atoms with Crippen molar-refractivity contribution in [3.8, 4) is 0 Å². The lowest BCUT2D eigenvalue weighted by atomic mass is 10.0. The van der Waals surface area contributed by atoms with Crippen molar-refractivity contribution in [2.24, 2.45) is 11.7 Å². The number of carbonyl (C=O) groups is 5. The van der Waals surface area contributed by atoms with Crippen molar-refractivity contribution in [1.82, 2.24) is 31.6 Å². The fourth-order valence-corrected chi connectivity index (χ4v) is 5.82. The molecule has 3 atom stereocenters. The number of aromatic nitrogens is 1. The molecule has 3 rings (SSSR count). The number of hydrogen-bond donors (Lipinski definition) is 8. The van der Waals surface area contributed by atoms with E-state index in [9.17, 15) is 29.1 Å². The van der Waals surface area contributed by atoms with Gasteiger partial charge in [0.2, 0.25) is 29.4 Å². The summed E-state index contributed by atoms with van der Waals surface area (Å²) in [6.45, 7) is 5.07. The Morgan fingerprint density at radius 2 is 1.58 bits per heavy atom. The van der Waals surface area contributed by atoms with Crippen molar-refractivity contribution in [2.75, 3.05) is 13.2 Å². The van der Waals surface area contributed by atoms with Crippen LogP contribution in [-0.4, -0.2) is 76.7 Å². The normalized spacial score (nSPS) is 12.9. The van der Waals surface area contributed by atoms with Crippen LogP contribution in [0, 0.1) is 11.3 Å². The average Bonchev–Trinajstić information content (AvgIpc) is 3.48. The molecule has 258 valence electrons. The van der Waals surface area contributed by atoms with Gasteiger partial charge in [-0.2, -0.15) is 0 Å². The highest BCUT2D eigenvalue weighted by Crippen LogP contribution is 2.23. The zero-order chi connectivity index (χ0) is 35.2. The topological polar surface area (TPSA) is 228 Å². The number of fused-ring (bicyclic) bond motifs is 1. The maximum atomic E-state index is 13.6. The highest BCUT2D eigenvalue weighted by molar-refractivity contribution is 7.20. The molecule has 2 aromatic carbocycles. The number of thiazole rings is 1. The number of nitrogens with two attached hydrogens (primary N) is 1. The molecule has 0 aliphatic carbocycles. The lowest BCUT2D eigenvalue weighted by Gasteiger charge is -2.24. The van der Waals surface area contributed by atoms with Crippen LogP contribution in [0.25, 0.3) is 10.2 Å². The smallest absolute Gasteiger partial charge is 0.245 e. The molecule has 14 nitrogen and oxygen atoms in total. The molecule has 0 bridgehead atoms. The summed E-state index contributed by atoms with van der Waals surface area (Å²) < 4.78 is 0.851. The Balaban J connectivity index is 1.64. The number of para-hydroxylation sites is 1. The highest BCUT2D eigenvalue weighted by atomic mass is 32.1. The second-order valence-electron chi connectivity index (χ2n) is 11.8. The Hall–Kier alpha value is -4.89. The molecule has 0 spiro atoms. The molecular weight excluding hydrogens is 636 g/mol. The van der Waals surface area contributed by atoms with Crippen molar-refractivity contribution >= 4 is 56.9 Å². The van der Waals surface area contributed by atoms with Gasteiger partial charge in [0, 0.05) is 20.0 Å². The highest BCUT2D eigenvalue weighted by Gasteiger charge is 2.29. The molecule has 4 amide bonds. The van der Waals surface area contributed by atoms with Crippen molar-refractivity contribution < 1.29 is 29.1 Å². The van der Waals surface area contributed by atoms with E-state index in [1.54, 1.807) is 24.3 Å². The predicted molar refractivity (Wildman–Crippen MR) is 183 cm³/mol. The van der Waals surface area contributed by atoms with E-state index in [0.29, 0.717) is 30.5 Å². The Labute approximate surface area is 283 Å². The molecule has 0 radical (unpaired) electrons. The quantitative estimate of drug-likeness (QED) is 0.0416. The molecule has 1 aromatic heterocycles. The number of carbonyl (C=O) groups excluding carboxylic acids is 5. The third kappa shape index (κ3) is 12.0. The summed E-state index contributed by atoms with van der Waals surface area (Å²) in [6, 6.07) is 11.5. The summed E-state index contributed by atoms with van der Waals surface area (Å²) >= 11 is 1.25. The molecule has 0 saturated heterocycles. The Morgan fingerprint density at radius 1 is 0.896 bits per heavy atom. The predicted octanol–water partition coefficient (Wildman–Crippen LogP) is 1.11. The number of nitrogens with one attached hydrogen (secondary N) is 6. The number of Topliss-reactive ketones (excluding diaryl/α,β-unsaturated/α-hetero) is 1. The molecule has 9 N–H and O–H groups in total. The zero-order valence-corrected chi connectivity index (χ0v) is 28.1. The Bertz CT molecular complexity index is 1560. The van der Waals surface area contributed by atoms with E-state index in [1.165, 1.54) is 18.3 Å². The Morgan fingerprint density at radius 3 is 2.21 bits per heavy atom. The van der Waals surface area contributed by atoms with Gasteiger partial charge in [0.1, 0.15) is 12.1 Å². The second kappa shape index (κ2) is 18.4. The van der Waals surface area contributed by atoms with E-state index in [2.05, 4.69) is 31.6 Å². The van der Waals surface area contributed by atoms with E-state index in [-0.39, 0.29) is 48.0 Å². The van der Waals surface area contributed by atoms with E-state index in [4.69, 9.17) is 11.1 Å². The maximum absolute atomic E-state index is 13.6. The molecule has 15 heteroatoms. The number of aliphatic hydroxyl groups excluding tert-OH is 1. The number of amides is 4. The molecule has 3 aromatic rings. The van der Waals surface area contributed by atoms with Crippen LogP contribution < -0.4 is 32.3 Å². The van der Waals surface area contributed by atoms with Crippen LogP contribution in [0.4, 0.5) is 0 Å². The fourth-order valence-electron chi connectivity index (χ4n) is 4.86. The first-order valence-corrected chi connectivity index (χ1v) is 16.5. The van der Waals surface area contributed by atoms with Crippen molar-refractivity contribution in [3.05, 3.63) is 64.7 Å². The van der Waals surface area contributed by atoms with Crippen LogP contribution in [-0.2, 0) is 32.1 Å². The minimum atomic E-state index is -1.05. The minimum absolute atomic E-state index is 0.00554. The molecule has 48 heavy (non-hydrogen) atoms. The molecule has 0 aliphatic heterocycles. The number of ketones is 1. The number of rotatable bonds is 18. The zero-order valence-electron chi connectivity index (χ0n) is 27.3. The summed E-state index contributed by atoms with van der Waals surface area (Å²) in [5.74, 6) is -2.28. The summed E-state index contributed by atoms with van der Waals surface area (Å²) in [5, 5.41) is 30.4. The summed E-state index contributed by atoms with van der Waals surface area (Å²) in [7, 11) is 0. The monoisotopic (exact) mass is 680 g/mol. The van der Waals surface area contributed by atoms with Gasteiger partial charge >= 0.3 is 0 Å². The molecule has 1 heterocycles. The van der Waals surface area contributed by atoms with Gasteiger partial charge in [-0.1, -0.05) is 50.2 Å². The lowest BCUT2D eigenvalue weighted by molar-refractivity contribution is -0.129. The van der Waals surface area contributed by atoms with Crippen LogP contribution in [0.5, 0.6) is 0 Å². The molecule has 0 unspecified atom stereocenters. The first-order valence-electron chi connectivity index (χ1n) is 15.7. The van der Waals surface area contributed by atoms with E-state index in [1.807, 2.05) is 38.1 Å². The second-order valence-corrected chi connectivity index (χ2v) is 12.8. The number of aliphatic hydroxyl groups is 1. The van der Waals surface area contributed by atoms with Crippen LogP contribution in [0.3, 0.4) is 0 Å². The average molecular weight is 681 g/mol. The summed E-state index contributed by atoms with van der Waals surface area (Å²) in [6.07, 6.45) is 1.05. The van der Waals surface area contributed by atoms with E-state index in [0.717, 1.165) is 10.3 Å². The van der Waals surface area contributed by atoms with Gasteiger partial charge < -0.3 is 37.4 Å². The lowest BCUT2D eigenvalue weighted by Crippen LogP contribution is -2.52. The largest absolute Gasteiger partial charge is 0.394 e. The van der Waals surface area contributed by atoms with Crippen LogP contribution in [0.15, 0.2) is 48.5 Å². The van der Waals surface area contributed by atoms with Gasteiger partial charge in [-0.05, 0) is 48.4 Å². The molecular formula is C33H44N8O6S. The minimum Gasteiger partial charge on any atom is -0.394 e. The number of hydrogen-bond acceptors (Lipinski definition) is 9. The first-order chi connectivity index (χ1) is 22.9. The van der Waals surface area contributed by atoms with E-state index < -0.39 is 42.5 Å². The molecule has 0 aliphatic rings. The number of benzene rings is 2. The molecule has 0 saturated carbocycles. The van der Waals surface area contributed by atoms with Crippen LogP contribution in [0.2, 0.25) is 0 Å². The molecule has 0 fully saturated rings. The maximum Gasteiger partial charge on any atom is 0.245 e. The van der Waals surface area contributed by atoms with Gasteiger partial charge in [-0.3, -0.25) is 29.4 Å². The fraction of sp³-hybridized carbons (Fsp3) is 0.424. The van der Waals surface area contributed by atoms with Gasteiger partial charge in [-0.25, -0.2) is 4.98 Å². The van der Waals surface area contributed by atoms with Crippen molar-refractivity contribution in [1.29, 1.82) is 5.41 Å². The summed E-state index contributed by atoms with van der Waals surface area (Å²) in [4.78, 5) is 68.2. The van der Waals surface area contributed by atoms with Crippen LogP contribution >= 0.6 is 11.3 Å². The number of nitrogens with zero attached hydrogens (tertiary/aromatic N) is 1.